The van der Waals surface area contributed by atoms with Crippen molar-refractivity contribution in [2.75, 3.05) is 44.0 Å². The van der Waals surface area contributed by atoms with Crippen LogP contribution < -0.4 is 15.4 Å². The van der Waals surface area contributed by atoms with Gasteiger partial charge in [0.05, 0.1) is 29.8 Å². The third kappa shape index (κ3) is 7.63. The molecule has 3 rings (SSSR count). The lowest BCUT2D eigenvalue weighted by Crippen LogP contribution is -2.31. The third-order valence-electron chi connectivity index (χ3n) is 4.55. The van der Waals surface area contributed by atoms with Crippen LogP contribution in [0.3, 0.4) is 0 Å². The zero-order chi connectivity index (χ0) is 24.3. The molecule has 2 heterocycles. The molecule has 9 nitrogen and oxygen atoms in total. The monoisotopic (exact) mass is 526 g/mol. The van der Waals surface area contributed by atoms with Crippen LogP contribution in [0.5, 0.6) is 5.75 Å². The number of thioether (sulfide) groups is 1. The number of aromatic nitrogens is 4. The molecule has 0 spiro atoms. The van der Waals surface area contributed by atoms with Gasteiger partial charge in [0.25, 0.3) is 5.91 Å². The lowest BCUT2D eigenvalue weighted by atomic mass is 10.3. The van der Waals surface area contributed by atoms with Gasteiger partial charge in [0.2, 0.25) is 0 Å². The van der Waals surface area contributed by atoms with Gasteiger partial charge in [-0.15, -0.1) is 0 Å². The number of anilines is 1. The number of hydrogen-bond acceptors (Lipinski definition) is 8. The van der Waals surface area contributed by atoms with Gasteiger partial charge >= 0.3 is 0 Å². The molecule has 34 heavy (non-hydrogen) atoms. The predicted octanol–water partition coefficient (Wildman–Crippen LogP) is 4.28. The van der Waals surface area contributed by atoms with Gasteiger partial charge in [0.1, 0.15) is 11.6 Å². The molecule has 0 bridgehead atoms. The summed E-state index contributed by atoms with van der Waals surface area (Å²) in [7, 11) is 0. The first-order valence-corrected chi connectivity index (χ1v) is 12.8. The summed E-state index contributed by atoms with van der Waals surface area (Å²) >= 11 is 13.5. The second-order valence-electron chi connectivity index (χ2n) is 7.15. The Bertz CT molecular complexity index is 1100. The van der Waals surface area contributed by atoms with Crippen molar-refractivity contribution in [3.63, 3.8) is 0 Å². The average molecular weight is 527 g/mol. The van der Waals surface area contributed by atoms with Gasteiger partial charge in [0, 0.05) is 30.5 Å². The van der Waals surface area contributed by atoms with Crippen LogP contribution in [0, 0.1) is 0 Å². The number of halogens is 2. The van der Waals surface area contributed by atoms with E-state index in [9.17, 15) is 4.79 Å². The number of fused-ring (bicyclic) bond motifs is 1. The first kappa shape index (κ1) is 26.3. The first-order chi connectivity index (χ1) is 16.5. The van der Waals surface area contributed by atoms with Gasteiger partial charge in [-0.3, -0.25) is 4.79 Å². The summed E-state index contributed by atoms with van der Waals surface area (Å²) in [6.45, 7) is 6.62. The largest absolute Gasteiger partial charge is 0.482 e. The smallest absolute Gasteiger partial charge is 0.258 e. The predicted molar refractivity (Wildman–Crippen MR) is 136 cm³/mol. The van der Waals surface area contributed by atoms with Crippen LogP contribution in [0.1, 0.15) is 20.3 Å². The number of nitrogens with zero attached hydrogens (tertiary/aromatic N) is 4. The highest BCUT2D eigenvalue weighted by Crippen LogP contribution is 2.27. The molecule has 0 fully saturated rings. The molecule has 0 saturated carbocycles. The van der Waals surface area contributed by atoms with E-state index in [1.165, 1.54) is 0 Å². The molecule has 1 aromatic carbocycles. The number of carbonyl (C=O) groups is 1. The topological polar surface area (TPSA) is 103 Å². The Labute approximate surface area is 212 Å². The van der Waals surface area contributed by atoms with Crippen LogP contribution in [-0.4, -0.2) is 64.3 Å². The van der Waals surface area contributed by atoms with Gasteiger partial charge in [-0.05, 0) is 31.5 Å². The highest BCUT2D eigenvalue weighted by molar-refractivity contribution is 7.99. The van der Waals surface area contributed by atoms with Crippen molar-refractivity contribution < 1.29 is 14.3 Å². The summed E-state index contributed by atoms with van der Waals surface area (Å²) in [4.78, 5) is 21.5. The van der Waals surface area contributed by atoms with Crippen molar-refractivity contribution in [1.29, 1.82) is 0 Å². The fourth-order valence-electron chi connectivity index (χ4n) is 2.97. The molecule has 12 heteroatoms. The molecule has 1 amide bonds. The number of rotatable bonds is 14. The fraction of sp³-hybridized carbons (Fsp3) is 0.455. The summed E-state index contributed by atoms with van der Waals surface area (Å²) in [5, 5.41) is 13.0. The zero-order valence-electron chi connectivity index (χ0n) is 19.1. The van der Waals surface area contributed by atoms with Gasteiger partial charge < -0.3 is 20.1 Å². The van der Waals surface area contributed by atoms with Crippen LogP contribution in [0.25, 0.3) is 11.0 Å². The second kappa shape index (κ2) is 13.6. The van der Waals surface area contributed by atoms with E-state index in [-0.39, 0.29) is 12.5 Å². The summed E-state index contributed by atoms with van der Waals surface area (Å²) in [5.41, 5.74) is 0.714. The minimum absolute atomic E-state index is 0.158. The van der Waals surface area contributed by atoms with Gasteiger partial charge in [-0.2, -0.15) is 5.10 Å². The van der Waals surface area contributed by atoms with Crippen molar-refractivity contribution in [1.82, 2.24) is 25.1 Å². The maximum atomic E-state index is 12.2. The number of ether oxygens (including phenoxy) is 2. The standard InChI is InChI=1S/C22H28Cl2N6O3S/c1-3-11-34-22-28-20(26-8-10-32-4-2)16-13-27-30(21(16)29-22)9-7-25-19(31)14-33-18-6-5-15(23)12-17(18)24/h5-6,12-13H,3-4,7-11,14H2,1-2H3,(H,25,31)(H,26,28,29). The van der Waals surface area contributed by atoms with Crippen LogP contribution in [0.2, 0.25) is 10.0 Å². The highest BCUT2D eigenvalue weighted by Gasteiger charge is 2.14. The summed E-state index contributed by atoms with van der Waals surface area (Å²) in [6.07, 6.45) is 2.76. The molecule has 0 aliphatic carbocycles. The number of nitrogens with one attached hydrogen (secondary N) is 2. The zero-order valence-corrected chi connectivity index (χ0v) is 21.5. The van der Waals surface area contributed by atoms with E-state index in [1.54, 1.807) is 40.8 Å². The number of carbonyl (C=O) groups excluding carboxylic acids is 1. The SMILES string of the molecule is CCCSc1nc(NCCOCC)c2cnn(CCNC(=O)COc3ccc(Cl)cc3Cl)c2n1. The molecule has 3 aromatic rings. The Morgan fingerprint density at radius 2 is 2.06 bits per heavy atom. The Kier molecular flexibility index (Phi) is 10.5. The van der Waals surface area contributed by atoms with E-state index in [4.69, 9.17) is 32.7 Å². The minimum Gasteiger partial charge on any atom is -0.482 e. The van der Waals surface area contributed by atoms with E-state index < -0.39 is 0 Å². The fourth-order valence-corrected chi connectivity index (χ4v) is 4.12. The quantitative estimate of drug-likeness (QED) is 0.182. The van der Waals surface area contributed by atoms with Crippen molar-refractivity contribution in [2.45, 2.75) is 32.0 Å². The van der Waals surface area contributed by atoms with Gasteiger partial charge in [-0.25, -0.2) is 14.6 Å². The van der Waals surface area contributed by atoms with E-state index >= 15 is 0 Å². The molecule has 2 aromatic heterocycles. The van der Waals surface area contributed by atoms with Gasteiger partial charge in [0.15, 0.2) is 17.4 Å². The maximum absolute atomic E-state index is 12.2. The molecule has 2 N–H and O–H groups in total. The molecule has 0 atom stereocenters. The number of amides is 1. The molecule has 0 saturated heterocycles. The minimum atomic E-state index is -0.269. The van der Waals surface area contributed by atoms with Crippen molar-refractivity contribution >= 4 is 57.7 Å². The summed E-state index contributed by atoms with van der Waals surface area (Å²) in [6, 6.07) is 4.84. The van der Waals surface area contributed by atoms with E-state index in [0.29, 0.717) is 59.4 Å². The third-order valence-corrected chi connectivity index (χ3v) is 6.14. The normalized spacial score (nSPS) is 11.1. The molecule has 184 valence electrons. The molecule has 0 radical (unpaired) electrons. The summed E-state index contributed by atoms with van der Waals surface area (Å²) in [5.74, 6) is 1.78. The Hall–Kier alpha value is -2.27. The van der Waals surface area contributed by atoms with Crippen molar-refractivity contribution in [3.05, 3.63) is 34.4 Å². The number of hydrogen-bond donors (Lipinski definition) is 2. The second-order valence-corrected chi connectivity index (χ2v) is 9.05. The van der Waals surface area contributed by atoms with Crippen LogP contribution in [-0.2, 0) is 16.1 Å². The van der Waals surface area contributed by atoms with Crippen molar-refractivity contribution in [3.8, 4) is 5.75 Å². The average Bonchev–Trinajstić information content (AvgIpc) is 3.23. The molecule has 0 aliphatic rings. The number of benzene rings is 1. The Morgan fingerprint density at radius 1 is 1.21 bits per heavy atom. The molecule has 0 aliphatic heterocycles. The highest BCUT2D eigenvalue weighted by atomic mass is 35.5. The maximum Gasteiger partial charge on any atom is 0.258 e. The van der Waals surface area contributed by atoms with E-state index in [0.717, 1.165) is 23.4 Å². The first-order valence-electron chi connectivity index (χ1n) is 11.0. The molecular weight excluding hydrogens is 499 g/mol. The van der Waals surface area contributed by atoms with Crippen LogP contribution in [0.4, 0.5) is 5.82 Å². The van der Waals surface area contributed by atoms with E-state index in [2.05, 4.69) is 32.6 Å². The van der Waals surface area contributed by atoms with Crippen LogP contribution in [0.15, 0.2) is 29.6 Å². The van der Waals surface area contributed by atoms with E-state index in [1.807, 2.05) is 6.92 Å². The van der Waals surface area contributed by atoms with Gasteiger partial charge in [-0.1, -0.05) is 41.9 Å². The van der Waals surface area contributed by atoms with Crippen LogP contribution >= 0.6 is 35.0 Å². The lowest BCUT2D eigenvalue weighted by molar-refractivity contribution is -0.123. The Morgan fingerprint density at radius 3 is 2.82 bits per heavy atom. The van der Waals surface area contributed by atoms with Crippen molar-refractivity contribution in [2.24, 2.45) is 0 Å². The summed E-state index contributed by atoms with van der Waals surface area (Å²) < 4.78 is 12.6. The molecular formula is C22H28Cl2N6O3S. The lowest BCUT2D eigenvalue weighted by Gasteiger charge is -2.11. The Balaban J connectivity index is 1.60. The molecule has 0 unspecified atom stereocenters.